The molecule has 1 aliphatic heterocycles. The Labute approximate surface area is 166 Å². The summed E-state index contributed by atoms with van der Waals surface area (Å²) in [5.41, 5.74) is 1.08. The van der Waals surface area contributed by atoms with Crippen LogP contribution in [0.4, 0.5) is 0 Å². The lowest BCUT2D eigenvalue weighted by Gasteiger charge is -2.26. The second-order valence-corrected chi connectivity index (χ2v) is 9.22. The van der Waals surface area contributed by atoms with E-state index in [-0.39, 0.29) is 17.4 Å². The van der Waals surface area contributed by atoms with E-state index in [4.69, 9.17) is 16.1 Å². The molecule has 2 heterocycles. The van der Waals surface area contributed by atoms with E-state index < -0.39 is 0 Å². The Bertz CT molecular complexity index is 779. The molecule has 3 rings (SSSR count). The molecule has 1 aromatic heterocycles. The van der Waals surface area contributed by atoms with Gasteiger partial charge in [-0.15, -0.1) is 0 Å². The zero-order chi connectivity index (χ0) is 19.6. The first-order chi connectivity index (χ1) is 12.7. The first-order valence-corrected chi connectivity index (χ1v) is 10.00. The molecule has 1 aromatic carbocycles. The van der Waals surface area contributed by atoms with Crippen LogP contribution in [0.3, 0.4) is 0 Å². The van der Waals surface area contributed by atoms with Gasteiger partial charge >= 0.3 is 0 Å². The molecule has 5 nitrogen and oxygen atoms in total. The van der Waals surface area contributed by atoms with Crippen LogP contribution in [0.15, 0.2) is 28.8 Å². The van der Waals surface area contributed by atoms with E-state index in [9.17, 15) is 4.79 Å². The van der Waals surface area contributed by atoms with Gasteiger partial charge in [0.15, 0.2) is 0 Å². The van der Waals surface area contributed by atoms with Crippen molar-refractivity contribution in [2.24, 2.45) is 11.3 Å². The lowest BCUT2D eigenvalue weighted by Crippen LogP contribution is -2.32. The summed E-state index contributed by atoms with van der Waals surface area (Å²) in [7, 11) is 0. The summed E-state index contributed by atoms with van der Waals surface area (Å²) < 4.78 is 5.51. The molecule has 1 aliphatic rings. The van der Waals surface area contributed by atoms with Crippen LogP contribution in [0, 0.1) is 11.3 Å². The molecule has 0 bridgehead atoms. The van der Waals surface area contributed by atoms with Crippen LogP contribution < -0.4 is 0 Å². The van der Waals surface area contributed by atoms with Gasteiger partial charge in [-0.2, -0.15) is 4.98 Å². The van der Waals surface area contributed by atoms with Crippen molar-refractivity contribution < 1.29 is 9.32 Å². The lowest BCUT2D eigenvalue weighted by atomic mass is 9.84. The largest absolute Gasteiger partial charge is 0.337 e. The molecular formula is C21H28ClN3O2. The van der Waals surface area contributed by atoms with Crippen LogP contribution >= 0.6 is 11.6 Å². The van der Waals surface area contributed by atoms with Crippen LogP contribution in [-0.4, -0.2) is 27.5 Å². The third-order valence-corrected chi connectivity index (χ3v) is 5.14. The molecule has 0 aliphatic carbocycles. The molecule has 1 fully saturated rings. The van der Waals surface area contributed by atoms with E-state index in [0.717, 1.165) is 31.4 Å². The predicted octanol–water partition coefficient (Wildman–Crippen LogP) is 5.52. The van der Waals surface area contributed by atoms with Crippen molar-refractivity contribution in [3.8, 4) is 11.4 Å². The Morgan fingerprint density at radius 3 is 2.70 bits per heavy atom. The number of nitrogens with zero attached hydrogens (tertiary/aromatic N) is 3. The molecular weight excluding hydrogens is 362 g/mol. The normalized spacial score (nSPS) is 18.7. The zero-order valence-corrected chi connectivity index (χ0v) is 17.3. The number of carbonyl (C=O) groups excluding carboxylic acids is 1. The van der Waals surface area contributed by atoms with E-state index in [0.29, 0.717) is 29.1 Å². The number of aromatic nitrogens is 2. The van der Waals surface area contributed by atoms with Crippen molar-refractivity contribution in [1.82, 2.24) is 15.0 Å². The lowest BCUT2D eigenvalue weighted by molar-refractivity contribution is -0.133. The smallest absolute Gasteiger partial charge is 0.249 e. The maximum absolute atomic E-state index is 12.9. The number of amides is 1. The van der Waals surface area contributed by atoms with Crippen molar-refractivity contribution in [2.45, 2.75) is 59.4 Å². The molecule has 2 aromatic rings. The number of hydrogen-bond donors (Lipinski definition) is 0. The van der Waals surface area contributed by atoms with Crippen LogP contribution in [0.25, 0.3) is 11.4 Å². The highest BCUT2D eigenvalue weighted by atomic mass is 35.5. The highest BCUT2D eigenvalue weighted by molar-refractivity contribution is 6.30. The first kappa shape index (κ1) is 19.9. The maximum Gasteiger partial charge on any atom is 0.249 e. The second-order valence-electron chi connectivity index (χ2n) is 8.78. The molecule has 27 heavy (non-hydrogen) atoms. The quantitative estimate of drug-likeness (QED) is 0.675. The molecule has 0 spiro atoms. The van der Waals surface area contributed by atoms with Gasteiger partial charge in [0.2, 0.25) is 17.6 Å². The molecule has 0 saturated carbocycles. The standard InChI is InChI=1S/C21H28ClN3O2/c1-14(13-21(2,3)4)12-18(26)25-11-5-6-17(25)20-23-19(24-27-20)15-7-9-16(22)10-8-15/h7-10,14,17H,5-6,11-13H2,1-4H3. The highest BCUT2D eigenvalue weighted by Crippen LogP contribution is 2.34. The number of halogens is 1. The summed E-state index contributed by atoms with van der Waals surface area (Å²) in [6.45, 7) is 9.54. The van der Waals surface area contributed by atoms with Crippen molar-refractivity contribution in [3.05, 3.63) is 35.2 Å². The summed E-state index contributed by atoms with van der Waals surface area (Å²) in [4.78, 5) is 19.3. The van der Waals surface area contributed by atoms with Gasteiger partial charge in [0.25, 0.3) is 0 Å². The molecule has 1 amide bonds. The minimum absolute atomic E-state index is 0.118. The van der Waals surface area contributed by atoms with E-state index >= 15 is 0 Å². The zero-order valence-electron chi connectivity index (χ0n) is 16.5. The van der Waals surface area contributed by atoms with E-state index in [1.807, 2.05) is 17.0 Å². The van der Waals surface area contributed by atoms with Gasteiger partial charge < -0.3 is 9.42 Å². The van der Waals surface area contributed by atoms with E-state index in [1.54, 1.807) is 12.1 Å². The number of carbonyl (C=O) groups is 1. The maximum atomic E-state index is 12.9. The third kappa shape index (κ3) is 5.10. The van der Waals surface area contributed by atoms with Gasteiger partial charge in [0.05, 0.1) is 0 Å². The summed E-state index contributed by atoms with van der Waals surface area (Å²) >= 11 is 5.93. The van der Waals surface area contributed by atoms with Crippen LogP contribution in [0.2, 0.25) is 5.02 Å². The summed E-state index contributed by atoms with van der Waals surface area (Å²) in [6, 6.07) is 7.21. The summed E-state index contributed by atoms with van der Waals surface area (Å²) in [5, 5.41) is 4.76. The van der Waals surface area contributed by atoms with Gasteiger partial charge in [-0.3, -0.25) is 4.79 Å². The number of likely N-dealkylation sites (tertiary alicyclic amines) is 1. The van der Waals surface area contributed by atoms with Crippen molar-refractivity contribution in [1.29, 1.82) is 0 Å². The van der Waals surface area contributed by atoms with Gasteiger partial charge in [-0.25, -0.2) is 0 Å². The Morgan fingerprint density at radius 1 is 1.33 bits per heavy atom. The third-order valence-electron chi connectivity index (χ3n) is 4.89. The Hall–Kier alpha value is -1.88. The fourth-order valence-corrected chi connectivity index (χ4v) is 4.07. The fraction of sp³-hybridized carbons (Fsp3) is 0.571. The SMILES string of the molecule is CC(CC(=O)N1CCCC1c1nc(-c2ccc(Cl)cc2)no1)CC(C)(C)C. The Morgan fingerprint density at radius 2 is 2.04 bits per heavy atom. The second kappa shape index (κ2) is 8.01. The van der Waals surface area contributed by atoms with Crippen molar-refractivity contribution >= 4 is 17.5 Å². The van der Waals surface area contributed by atoms with Gasteiger partial charge in [-0.05, 0) is 54.9 Å². The Kier molecular flexibility index (Phi) is 5.89. The molecule has 0 N–H and O–H groups in total. The number of benzene rings is 1. The molecule has 1 saturated heterocycles. The number of rotatable bonds is 5. The van der Waals surface area contributed by atoms with E-state index in [1.165, 1.54) is 0 Å². The average Bonchev–Trinajstić information content (AvgIpc) is 3.22. The molecule has 146 valence electrons. The molecule has 2 unspecified atom stereocenters. The summed E-state index contributed by atoms with van der Waals surface area (Å²) in [5.74, 6) is 1.59. The van der Waals surface area contributed by atoms with Crippen LogP contribution in [0.1, 0.15) is 65.3 Å². The van der Waals surface area contributed by atoms with E-state index in [2.05, 4.69) is 37.8 Å². The van der Waals surface area contributed by atoms with Crippen LogP contribution in [0.5, 0.6) is 0 Å². The van der Waals surface area contributed by atoms with Gasteiger partial charge in [0.1, 0.15) is 6.04 Å². The van der Waals surface area contributed by atoms with Gasteiger partial charge in [-0.1, -0.05) is 44.5 Å². The highest BCUT2D eigenvalue weighted by Gasteiger charge is 2.34. The average molecular weight is 390 g/mol. The van der Waals surface area contributed by atoms with Gasteiger partial charge in [0, 0.05) is 23.6 Å². The Balaban J connectivity index is 1.69. The van der Waals surface area contributed by atoms with Crippen molar-refractivity contribution in [3.63, 3.8) is 0 Å². The molecule has 6 heteroatoms. The predicted molar refractivity (Wildman–Crippen MR) is 106 cm³/mol. The molecule has 0 radical (unpaired) electrons. The minimum Gasteiger partial charge on any atom is -0.337 e. The number of hydrogen-bond acceptors (Lipinski definition) is 4. The van der Waals surface area contributed by atoms with Crippen molar-refractivity contribution in [2.75, 3.05) is 6.54 Å². The fourth-order valence-electron chi connectivity index (χ4n) is 3.94. The monoisotopic (exact) mass is 389 g/mol. The minimum atomic E-state index is -0.118. The first-order valence-electron chi connectivity index (χ1n) is 9.62. The topological polar surface area (TPSA) is 59.2 Å². The van der Waals surface area contributed by atoms with Crippen LogP contribution in [-0.2, 0) is 4.79 Å². The molecule has 2 atom stereocenters. The summed E-state index contributed by atoms with van der Waals surface area (Å²) in [6.07, 6.45) is 3.41.